The molecule has 0 saturated heterocycles. The largest absolute Gasteiger partial charge is 0.522 e. The molecule has 2 aromatic rings. The second kappa shape index (κ2) is 13.0. The number of halogens is 4. The highest BCUT2D eigenvalue weighted by Crippen LogP contribution is 2.46. The van der Waals surface area contributed by atoms with Crippen LogP contribution in [-0.4, -0.2) is 63.5 Å². The number of carbonyl (C=O) groups excluding carboxylic acids is 1. The second-order valence-corrected chi connectivity index (χ2v) is 15.4. The summed E-state index contributed by atoms with van der Waals surface area (Å²) in [5, 5.41) is 10.5. The van der Waals surface area contributed by atoms with Gasteiger partial charge in [0.1, 0.15) is 5.75 Å². The number of nitrogens with zero attached hydrogens (tertiary/aromatic N) is 1. The van der Waals surface area contributed by atoms with Crippen molar-refractivity contribution in [2.24, 2.45) is 11.8 Å². The fourth-order valence-corrected chi connectivity index (χ4v) is 9.09. The van der Waals surface area contributed by atoms with Crippen LogP contribution in [0, 0.1) is 11.8 Å². The van der Waals surface area contributed by atoms with E-state index in [9.17, 15) is 31.5 Å². The average Bonchev–Trinajstić information content (AvgIpc) is 3.12. The van der Waals surface area contributed by atoms with E-state index in [1.807, 2.05) is 12.1 Å². The minimum absolute atomic E-state index is 0.0172. The van der Waals surface area contributed by atoms with Gasteiger partial charge in [0.2, 0.25) is 10.0 Å². The van der Waals surface area contributed by atoms with Crippen molar-refractivity contribution in [3.63, 3.8) is 0 Å². The molecular formula is C33H38ClF3N2O6S. The van der Waals surface area contributed by atoms with Crippen molar-refractivity contribution >= 4 is 33.2 Å². The number of alkyl halides is 3. The van der Waals surface area contributed by atoms with Crippen LogP contribution in [0.25, 0.3) is 0 Å². The number of allylic oxidation sites excluding steroid dienone is 1. The number of aliphatic hydroxyl groups excluding tert-OH is 1. The highest BCUT2D eigenvalue weighted by molar-refractivity contribution is 7.90. The standard InChI is InChI=1S/C33H38ClF3N2O6S/c34-24-9-11-27-21(16-24)4-3-14-32(27)19-39-18-23-7-10-26(23)29(40)6-2-1-5-25(13-15-45-33(35,36)37)46(42,43)38-31(41)22-8-12-30(44-20-32)28(39)17-22/h2,6,8-9,11-12,16-17,23,25-26,29,40H,1,3-5,7,10,13-15,18-20H2,(H,38,41)/b6-2-/t23-,25+,26+,29-,32-/m0/s1. The molecule has 8 nitrogen and oxygen atoms in total. The number of anilines is 1. The van der Waals surface area contributed by atoms with E-state index in [1.165, 1.54) is 17.2 Å². The summed E-state index contributed by atoms with van der Waals surface area (Å²) in [6, 6.07) is 10.8. The van der Waals surface area contributed by atoms with Crippen molar-refractivity contribution in [1.82, 2.24) is 4.72 Å². The smallest absolute Gasteiger partial charge is 0.490 e. The molecule has 1 amide bonds. The Labute approximate surface area is 271 Å². The van der Waals surface area contributed by atoms with Crippen molar-refractivity contribution in [3.05, 3.63) is 70.3 Å². The lowest BCUT2D eigenvalue weighted by atomic mass is 9.68. The van der Waals surface area contributed by atoms with Gasteiger partial charge < -0.3 is 14.7 Å². The Balaban J connectivity index is 1.36. The molecule has 4 aliphatic rings. The number of benzene rings is 2. The fourth-order valence-electron chi connectivity index (χ4n) is 7.50. The third kappa shape index (κ3) is 7.05. The lowest BCUT2D eigenvalue weighted by molar-refractivity contribution is -0.324. The van der Waals surface area contributed by atoms with Crippen molar-refractivity contribution < 1.29 is 41.0 Å². The van der Waals surface area contributed by atoms with Crippen molar-refractivity contribution in [2.75, 3.05) is 31.2 Å². The number of nitrogens with one attached hydrogen (secondary N) is 1. The van der Waals surface area contributed by atoms with Gasteiger partial charge in [-0.05, 0) is 105 Å². The molecule has 250 valence electrons. The maximum absolute atomic E-state index is 13.4. The molecule has 5 atom stereocenters. The molecule has 2 aliphatic heterocycles. The summed E-state index contributed by atoms with van der Waals surface area (Å²) in [7, 11) is -4.39. The number of fused-ring (bicyclic) bond motifs is 4. The van der Waals surface area contributed by atoms with Gasteiger partial charge in [0.05, 0.1) is 30.3 Å². The van der Waals surface area contributed by atoms with Crippen molar-refractivity contribution in [1.29, 1.82) is 0 Å². The Kier molecular flexibility index (Phi) is 9.37. The number of ether oxygens (including phenoxy) is 2. The van der Waals surface area contributed by atoms with Crippen LogP contribution >= 0.6 is 11.6 Å². The Morgan fingerprint density at radius 3 is 2.74 bits per heavy atom. The Hall–Kier alpha value is -2.80. The van der Waals surface area contributed by atoms with Crippen molar-refractivity contribution in [2.45, 2.75) is 74.5 Å². The van der Waals surface area contributed by atoms with Crippen LogP contribution in [-0.2, 0) is 26.6 Å². The van der Waals surface area contributed by atoms with Crippen LogP contribution in [0.2, 0.25) is 5.02 Å². The highest BCUT2D eigenvalue weighted by Gasteiger charge is 2.44. The first-order valence-electron chi connectivity index (χ1n) is 15.8. The van der Waals surface area contributed by atoms with E-state index < -0.39 is 46.7 Å². The van der Waals surface area contributed by atoms with E-state index in [2.05, 4.69) is 20.4 Å². The predicted molar refractivity (Wildman–Crippen MR) is 168 cm³/mol. The number of carbonyl (C=O) groups is 1. The van der Waals surface area contributed by atoms with Crippen LogP contribution in [0.15, 0.2) is 48.6 Å². The second-order valence-electron chi connectivity index (χ2n) is 13.0. The summed E-state index contributed by atoms with van der Waals surface area (Å²) in [5.41, 5.74) is 2.75. The van der Waals surface area contributed by atoms with Gasteiger partial charge in [0.25, 0.3) is 5.91 Å². The molecule has 2 aliphatic carbocycles. The molecule has 2 N–H and O–H groups in total. The van der Waals surface area contributed by atoms with Gasteiger partial charge in [0.15, 0.2) is 0 Å². The average molecular weight is 683 g/mol. The van der Waals surface area contributed by atoms with Crippen LogP contribution < -0.4 is 14.4 Å². The first kappa shape index (κ1) is 33.1. The normalized spacial score (nSPS) is 30.2. The minimum Gasteiger partial charge on any atom is -0.490 e. The molecule has 0 unspecified atom stereocenters. The quantitative estimate of drug-likeness (QED) is 0.388. The van der Waals surface area contributed by atoms with E-state index in [-0.39, 0.29) is 35.7 Å². The topological polar surface area (TPSA) is 105 Å². The minimum atomic E-state index is -4.91. The van der Waals surface area contributed by atoms with E-state index in [1.54, 1.807) is 24.3 Å². The molecule has 2 aromatic carbocycles. The van der Waals surface area contributed by atoms with E-state index in [0.29, 0.717) is 36.2 Å². The summed E-state index contributed by atoms with van der Waals surface area (Å²) in [5.74, 6) is -0.164. The predicted octanol–water partition coefficient (Wildman–Crippen LogP) is 5.90. The third-order valence-corrected chi connectivity index (χ3v) is 12.1. The molecule has 2 bridgehead atoms. The Morgan fingerprint density at radius 2 is 1.98 bits per heavy atom. The molecule has 1 spiro atoms. The van der Waals surface area contributed by atoms with E-state index in [0.717, 1.165) is 32.1 Å². The van der Waals surface area contributed by atoms with Crippen LogP contribution in [0.3, 0.4) is 0 Å². The number of sulfonamides is 1. The number of amides is 1. The Morgan fingerprint density at radius 1 is 1.15 bits per heavy atom. The summed E-state index contributed by atoms with van der Waals surface area (Å²) < 4.78 is 77.0. The van der Waals surface area contributed by atoms with Gasteiger partial charge in [-0.25, -0.2) is 13.1 Å². The van der Waals surface area contributed by atoms with Crippen LogP contribution in [0.5, 0.6) is 5.75 Å². The Bertz CT molecular complexity index is 1600. The van der Waals surface area contributed by atoms with Crippen LogP contribution in [0.4, 0.5) is 18.9 Å². The molecule has 0 aromatic heterocycles. The molecule has 46 heavy (non-hydrogen) atoms. The molecule has 6 rings (SSSR count). The van der Waals surface area contributed by atoms with Gasteiger partial charge in [0, 0.05) is 29.1 Å². The van der Waals surface area contributed by atoms with Gasteiger partial charge in [-0.2, -0.15) is 0 Å². The summed E-state index contributed by atoms with van der Waals surface area (Å²) in [6.07, 6.45) is 1.82. The zero-order chi connectivity index (χ0) is 32.7. The number of rotatable bonds is 3. The molecule has 13 heteroatoms. The number of aliphatic hydroxyl groups is 1. The van der Waals surface area contributed by atoms with Gasteiger partial charge in [-0.1, -0.05) is 29.8 Å². The van der Waals surface area contributed by atoms with Gasteiger partial charge in [-0.15, -0.1) is 13.2 Å². The summed E-state index contributed by atoms with van der Waals surface area (Å²) in [4.78, 5) is 15.6. The van der Waals surface area contributed by atoms with E-state index in [4.69, 9.17) is 16.3 Å². The van der Waals surface area contributed by atoms with Gasteiger partial charge >= 0.3 is 6.36 Å². The molecule has 1 saturated carbocycles. The zero-order valence-electron chi connectivity index (χ0n) is 25.3. The highest BCUT2D eigenvalue weighted by atomic mass is 35.5. The summed E-state index contributed by atoms with van der Waals surface area (Å²) >= 11 is 6.36. The van der Waals surface area contributed by atoms with Crippen LogP contribution in [0.1, 0.15) is 66.4 Å². The monoisotopic (exact) mass is 682 g/mol. The molecule has 2 heterocycles. The first-order chi connectivity index (χ1) is 21.8. The number of hydrogen-bond acceptors (Lipinski definition) is 7. The summed E-state index contributed by atoms with van der Waals surface area (Å²) in [6.45, 7) is 0.740. The lowest BCUT2D eigenvalue weighted by Crippen LogP contribution is -2.49. The van der Waals surface area contributed by atoms with Crippen molar-refractivity contribution in [3.8, 4) is 5.75 Å². The number of hydrogen-bond donors (Lipinski definition) is 2. The first-order valence-corrected chi connectivity index (χ1v) is 17.7. The third-order valence-electron chi connectivity index (χ3n) is 10.0. The molecule has 0 radical (unpaired) electrons. The fraction of sp³-hybridized carbons (Fsp3) is 0.545. The zero-order valence-corrected chi connectivity index (χ0v) is 26.8. The number of aryl methyl sites for hydroxylation is 1. The van der Waals surface area contributed by atoms with Gasteiger partial charge in [-0.3, -0.25) is 9.53 Å². The lowest BCUT2D eigenvalue weighted by Gasteiger charge is -2.45. The maximum Gasteiger partial charge on any atom is 0.522 e. The molecular weight excluding hydrogens is 645 g/mol. The molecule has 1 fully saturated rings. The maximum atomic E-state index is 13.4. The SMILES string of the molecule is O=C1NS(=O)(=O)[C@@H](CCOC(F)(F)F)CC/C=C\[C@H](O)[C@@H]2CC[C@H]2CN2C[C@@]3(CCCc4cc(Cl)ccc43)COc3ccc1cc32. The van der Waals surface area contributed by atoms with E-state index >= 15 is 0 Å².